The fourth-order valence-electron chi connectivity index (χ4n) is 3.14. The normalized spacial score (nSPS) is 17.0. The second kappa shape index (κ2) is 7.80. The van der Waals surface area contributed by atoms with Gasteiger partial charge in [0.1, 0.15) is 0 Å². The zero-order valence-electron chi connectivity index (χ0n) is 14.6. The van der Waals surface area contributed by atoms with Crippen LogP contribution in [-0.2, 0) is 16.0 Å². The summed E-state index contributed by atoms with van der Waals surface area (Å²) in [5.41, 5.74) is 2.48. The number of nitrogens with one attached hydrogen (secondary N) is 1. The third kappa shape index (κ3) is 4.08. The lowest BCUT2D eigenvalue weighted by molar-refractivity contribution is -0.131. The molecule has 2 amide bonds. The molecule has 0 saturated heterocycles. The molecule has 3 rings (SSSR count). The predicted molar refractivity (Wildman–Crippen MR) is 99.6 cm³/mol. The maximum absolute atomic E-state index is 12.3. The summed E-state index contributed by atoms with van der Waals surface area (Å²) in [4.78, 5) is 29.1. The molecule has 2 aromatic rings. The summed E-state index contributed by atoms with van der Waals surface area (Å²) in [7, 11) is 3.37. The van der Waals surface area contributed by atoms with Crippen molar-refractivity contribution in [3.8, 4) is 0 Å². The quantitative estimate of drug-likeness (QED) is 0.889. The number of amides is 2. The van der Waals surface area contributed by atoms with Gasteiger partial charge in [0.25, 0.3) is 0 Å². The van der Waals surface area contributed by atoms with Crippen LogP contribution in [0.2, 0.25) is 0 Å². The SMILES string of the molecule is CN(C)C(=O)CNC(=O)CN1CCc2sccc2C1c1ccccc1. The number of hydrogen-bond donors (Lipinski definition) is 1. The van der Waals surface area contributed by atoms with Gasteiger partial charge in [0.15, 0.2) is 0 Å². The minimum absolute atomic E-state index is 0.0410. The highest BCUT2D eigenvalue weighted by molar-refractivity contribution is 7.10. The maximum atomic E-state index is 12.3. The molecule has 1 unspecified atom stereocenters. The second-order valence-corrected chi connectivity index (χ2v) is 7.40. The summed E-state index contributed by atoms with van der Waals surface area (Å²) < 4.78 is 0. The van der Waals surface area contributed by atoms with Crippen LogP contribution in [0.15, 0.2) is 41.8 Å². The van der Waals surface area contributed by atoms with E-state index in [1.165, 1.54) is 20.9 Å². The summed E-state index contributed by atoms with van der Waals surface area (Å²) >= 11 is 1.78. The van der Waals surface area contributed by atoms with Crippen LogP contribution in [0.5, 0.6) is 0 Å². The van der Waals surface area contributed by atoms with Gasteiger partial charge in [-0.15, -0.1) is 11.3 Å². The van der Waals surface area contributed by atoms with Crippen LogP contribution in [0.4, 0.5) is 0 Å². The number of rotatable bonds is 5. The van der Waals surface area contributed by atoms with Crippen molar-refractivity contribution in [1.82, 2.24) is 15.1 Å². The third-order valence-corrected chi connectivity index (χ3v) is 5.46. The Bertz CT molecular complexity index is 742. The van der Waals surface area contributed by atoms with Crippen LogP contribution in [0.25, 0.3) is 0 Å². The molecule has 132 valence electrons. The molecule has 1 aliphatic rings. The lowest BCUT2D eigenvalue weighted by Gasteiger charge is -2.35. The zero-order valence-corrected chi connectivity index (χ0v) is 15.4. The highest BCUT2D eigenvalue weighted by atomic mass is 32.1. The molecule has 25 heavy (non-hydrogen) atoms. The predicted octanol–water partition coefficient (Wildman–Crippen LogP) is 1.90. The first kappa shape index (κ1) is 17.6. The monoisotopic (exact) mass is 357 g/mol. The fourth-order valence-corrected chi connectivity index (χ4v) is 4.04. The van der Waals surface area contributed by atoms with Crippen molar-refractivity contribution in [3.63, 3.8) is 0 Å². The van der Waals surface area contributed by atoms with Gasteiger partial charge in [-0.2, -0.15) is 0 Å². The highest BCUT2D eigenvalue weighted by Crippen LogP contribution is 2.37. The van der Waals surface area contributed by atoms with Crippen LogP contribution in [-0.4, -0.2) is 55.3 Å². The van der Waals surface area contributed by atoms with Crippen molar-refractivity contribution < 1.29 is 9.59 Å². The van der Waals surface area contributed by atoms with E-state index in [0.29, 0.717) is 0 Å². The number of fused-ring (bicyclic) bond motifs is 1. The third-order valence-electron chi connectivity index (χ3n) is 4.46. The second-order valence-electron chi connectivity index (χ2n) is 6.40. The zero-order chi connectivity index (χ0) is 17.8. The molecule has 0 bridgehead atoms. The van der Waals surface area contributed by atoms with Crippen molar-refractivity contribution in [3.05, 3.63) is 57.8 Å². The Kier molecular flexibility index (Phi) is 5.50. The van der Waals surface area contributed by atoms with E-state index in [9.17, 15) is 9.59 Å². The van der Waals surface area contributed by atoms with E-state index in [2.05, 4.69) is 33.8 Å². The van der Waals surface area contributed by atoms with Gasteiger partial charge in [0, 0.05) is 25.5 Å². The van der Waals surface area contributed by atoms with Crippen LogP contribution in [0.3, 0.4) is 0 Å². The molecule has 0 fully saturated rings. The van der Waals surface area contributed by atoms with Gasteiger partial charge in [0.2, 0.25) is 11.8 Å². The molecule has 1 aliphatic heterocycles. The van der Waals surface area contributed by atoms with E-state index in [4.69, 9.17) is 0 Å². The maximum Gasteiger partial charge on any atom is 0.241 e. The number of nitrogens with zero attached hydrogens (tertiary/aromatic N) is 2. The molecule has 5 nitrogen and oxygen atoms in total. The van der Waals surface area contributed by atoms with E-state index in [1.807, 2.05) is 18.2 Å². The van der Waals surface area contributed by atoms with Gasteiger partial charge < -0.3 is 10.2 Å². The summed E-state index contributed by atoms with van der Waals surface area (Å²) in [6.45, 7) is 1.16. The molecular formula is C19H23N3O2S. The number of carbonyl (C=O) groups excluding carboxylic acids is 2. The van der Waals surface area contributed by atoms with E-state index in [0.717, 1.165) is 13.0 Å². The molecule has 0 spiro atoms. The molecule has 6 heteroatoms. The lowest BCUT2D eigenvalue weighted by Crippen LogP contribution is -2.45. The topological polar surface area (TPSA) is 52.7 Å². The molecular weight excluding hydrogens is 334 g/mol. The first-order valence-corrected chi connectivity index (χ1v) is 9.26. The molecule has 1 atom stereocenters. The fraction of sp³-hybridized carbons (Fsp3) is 0.368. The molecule has 1 aromatic carbocycles. The number of thiophene rings is 1. The summed E-state index contributed by atoms with van der Waals surface area (Å²) in [5, 5.41) is 4.86. The van der Waals surface area contributed by atoms with Crippen LogP contribution < -0.4 is 5.32 Å². The van der Waals surface area contributed by atoms with Crippen LogP contribution >= 0.6 is 11.3 Å². The number of hydrogen-bond acceptors (Lipinski definition) is 4. The van der Waals surface area contributed by atoms with Crippen molar-refractivity contribution in [1.29, 1.82) is 0 Å². The Morgan fingerprint density at radius 1 is 1.24 bits per heavy atom. The summed E-state index contributed by atoms with van der Waals surface area (Å²) in [6, 6.07) is 12.5. The van der Waals surface area contributed by atoms with Crippen LogP contribution in [0.1, 0.15) is 22.0 Å². The molecule has 2 heterocycles. The molecule has 1 N–H and O–H groups in total. The molecule has 1 aromatic heterocycles. The van der Waals surface area contributed by atoms with Crippen molar-refractivity contribution >= 4 is 23.2 Å². The van der Waals surface area contributed by atoms with Gasteiger partial charge in [0.05, 0.1) is 19.1 Å². The lowest BCUT2D eigenvalue weighted by atomic mass is 9.93. The van der Waals surface area contributed by atoms with E-state index in [1.54, 1.807) is 25.4 Å². The summed E-state index contributed by atoms with van der Waals surface area (Å²) in [6.07, 6.45) is 0.959. The Hall–Kier alpha value is -2.18. The smallest absolute Gasteiger partial charge is 0.241 e. The Labute approximate surface area is 152 Å². The average molecular weight is 357 g/mol. The van der Waals surface area contributed by atoms with Gasteiger partial charge in [-0.25, -0.2) is 0 Å². The Morgan fingerprint density at radius 2 is 2.00 bits per heavy atom. The van der Waals surface area contributed by atoms with Gasteiger partial charge in [-0.3, -0.25) is 14.5 Å². The molecule has 0 radical (unpaired) electrons. The summed E-state index contributed by atoms with van der Waals surface area (Å²) in [5.74, 6) is -0.221. The first-order chi connectivity index (χ1) is 12.1. The Morgan fingerprint density at radius 3 is 2.72 bits per heavy atom. The van der Waals surface area contributed by atoms with E-state index < -0.39 is 0 Å². The van der Waals surface area contributed by atoms with Gasteiger partial charge in [-0.1, -0.05) is 30.3 Å². The minimum Gasteiger partial charge on any atom is -0.347 e. The van der Waals surface area contributed by atoms with E-state index >= 15 is 0 Å². The molecule has 0 saturated carbocycles. The largest absolute Gasteiger partial charge is 0.347 e. The highest BCUT2D eigenvalue weighted by Gasteiger charge is 2.30. The average Bonchev–Trinajstić information content (AvgIpc) is 3.08. The number of likely N-dealkylation sites (N-methyl/N-ethyl adjacent to an activating group) is 1. The van der Waals surface area contributed by atoms with Gasteiger partial charge in [-0.05, 0) is 29.0 Å². The van der Waals surface area contributed by atoms with Crippen molar-refractivity contribution in [2.24, 2.45) is 0 Å². The van der Waals surface area contributed by atoms with Crippen LogP contribution in [0, 0.1) is 0 Å². The standard InChI is InChI=1S/C19H23N3O2S/c1-21(2)18(24)12-20-17(23)13-22-10-8-16-15(9-11-25-16)19(22)14-6-4-3-5-7-14/h3-7,9,11,19H,8,10,12-13H2,1-2H3,(H,20,23). The molecule has 0 aliphatic carbocycles. The van der Waals surface area contributed by atoms with E-state index in [-0.39, 0.29) is 30.9 Å². The number of carbonyl (C=O) groups is 2. The Balaban J connectivity index is 1.74. The van der Waals surface area contributed by atoms with Gasteiger partial charge >= 0.3 is 0 Å². The van der Waals surface area contributed by atoms with Crippen molar-refractivity contribution in [2.75, 3.05) is 33.7 Å². The first-order valence-electron chi connectivity index (χ1n) is 8.38. The van der Waals surface area contributed by atoms with Crippen molar-refractivity contribution in [2.45, 2.75) is 12.5 Å². The minimum atomic E-state index is -0.116. The number of benzene rings is 1.